The Hall–Kier alpha value is -0.120. The van der Waals surface area contributed by atoms with Gasteiger partial charge in [0, 0.05) is 13.1 Å². The summed E-state index contributed by atoms with van der Waals surface area (Å²) in [6.07, 6.45) is 2.88. The molecule has 1 rings (SSSR count). The molecule has 66 valence electrons. The van der Waals surface area contributed by atoms with Crippen molar-refractivity contribution in [1.29, 1.82) is 0 Å². The molecule has 1 saturated heterocycles. The Morgan fingerprint density at radius 2 is 2.45 bits per heavy atom. The van der Waals surface area contributed by atoms with Crippen LogP contribution in [0.15, 0.2) is 0 Å². The second kappa shape index (κ2) is 4.70. The maximum Gasteiger partial charge on any atom is 0.0703 e. The summed E-state index contributed by atoms with van der Waals surface area (Å²) in [4.78, 5) is 2.31. The highest BCUT2D eigenvalue weighted by molar-refractivity contribution is 4.70. The van der Waals surface area contributed by atoms with Crippen LogP contribution >= 0.6 is 0 Å². The predicted octanol–water partition coefficient (Wildman–Crippen LogP) is 0.0559. The predicted molar refractivity (Wildman–Crippen MR) is 45.5 cm³/mol. The number of likely N-dealkylation sites (tertiary alicyclic amines) is 1. The van der Waals surface area contributed by atoms with Crippen LogP contribution in [0.4, 0.5) is 0 Å². The lowest BCUT2D eigenvalue weighted by atomic mass is 10.1. The van der Waals surface area contributed by atoms with Crippen LogP contribution < -0.4 is 5.73 Å². The van der Waals surface area contributed by atoms with Crippen LogP contribution in [0.25, 0.3) is 0 Å². The Bertz CT molecular complexity index is 108. The zero-order chi connectivity index (χ0) is 8.10. The van der Waals surface area contributed by atoms with E-state index >= 15 is 0 Å². The molecular formula is C8H18N2O. The lowest BCUT2D eigenvalue weighted by Crippen LogP contribution is -2.37. The highest BCUT2D eigenvalue weighted by Crippen LogP contribution is 2.10. The number of ether oxygens (including phenoxy) is 1. The van der Waals surface area contributed by atoms with Gasteiger partial charge in [-0.25, -0.2) is 0 Å². The van der Waals surface area contributed by atoms with Crippen LogP contribution in [0.1, 0.15) is 12.8 Å². The van der Waals surface area contributed by atoms with Gasteiger partial charge in [0.25, 0.3) is 0 Å². The summed E-state index contributed by atoms with van der Waals surface area (Å²) in [5.74, 6) is 0. The Morgan fingerprint density at radius 3 is 3.09 bits per heavy atom. The zero-order valence-electron chi connectivity index (χ0n) is 7.25. The Balaban J connectivity index is 2.12. The number of hydrogen-bond acceptors (Lipinski definition) is 3. The van der Waals surface area contributed by atoms with Crippen LogP contribution in [0.2, 0.25) is 0 Å². The number of piperidine rings is 1. The van der Waals surface area contributed by atoms with Gasteiger partial charge in [0.1, 0.15) is 0 Å². The number of likely N-dealkylation sites (N-methyl/N-ethyl adjacent to an activating group) is 1. The summed E-state index contributed by atoms with van der Waals surface area (Å²) < 4.78 is 5.54. The maximum atomic E-state index is 5.54. The zero-order valence-corrected chi connectivity index (χ0v) is 7.25. The molecule has 2 N–H and O–H groups in total. The van der Waals surface area contributed by atoms with Gasteiger partial charge in [-0.1, -0.05) is 0 Å². The molecule has 1 atom stereocenters. The lowest BCUT2D eigenvalue weighted by molar-refractivity contribution is 0.0105. The molecule has 0 aromatic heterocycles. The van der Waals surface area contributed by atoms with Crippen molar-refractivity contribution in [3.63, 3.8) is 0 Å². The van der Waals surface area contributed by atoms with Gasteiger partial charge in [-0.15, -0.1) is 0 Å². The quantitative estimate of drug-likeness (QED) is 0.631. The fourth-order valence-corrected chi connectivity index (χ4v) is 1.49. The van der Waals surface area contributed by atoms with Crippen molar-refractivity contribution in [1.82, 2.24) is 4.90 Å². The first-order valence-electron chi connectivity index (χ1n) is 4.33. The van der Waals surface area contributed by atoms with E-state index in [9.17, 15) is 0 Å². The van der Waals surface area contributed by atoms with Crippen LogP contribution in [0.5, 0.6) is 0 Å². The highest BCUT2D eigenvalue weighted by atomic mass is 16.5. The van der Waals surface area contributed by atoms with Crippen LogP contribution in [-0.4, -0.2) is 44.3 Å². The first-order chi connectivity index (χ1) is 5.33. The molecule has 3 heteroatoms. The summed E-state index contributed by atoms with van der Waals surface area (Å²) in [5, 5.41) is 0. The van der Waals surface area contributed by atoms with E-state index in [4.69, 9.17) is 10.5 Å². The standard InChI is InChI=1S/C8H18N2O/c1-10-5-2-3-8(7-10)11-6-4-9/h8H,2-7,9H2,1H3/t8-/m0/s1. The second-order valence-corrected chi connectivity index (χ2v) is 3.19. The number of nitrogens with zero attached hydrogens (tertiary/aromatic N) is 1. The van der Waals surface area contributed by atoms with Crippen molar-refractivity contribution in [2.75, 3.05) is 33.3 Å². The summed E-state index contributed by atoms with van der Waals surface area (Å²) in [6.45, 7) is 3.63. The van der Waals surface area contributed by atoms with Crippen molar-refractivity contribution in [2.24, 2.45) is 5.73 Å². The molecule has 0 saturated carbocycles. The Kier molecular flexibility index (Phi) is 3.83. The summed E-state index contributed by atoms with van der Waals surface area (Å²) in [5.41, 5.74) is 5.34. The van der Waals surface area contributed by atoms with Crippen molar-refractivity contribution in [2.45, 2.75) is 18.9 Å². The lowest BCUT2D eigenvalue weighted by Gasteiger charge is -2.29. The van der Waals surface area contributed by atoms with Gasteiger partial charge in [0.2, 0.25) is 0 Å². The van der Waals surface area contributed by atoms with E-state index in [1.807, 2.05) is 0 Å². The molecule has 0 aromatic rings. The van der Waals surface area contributed by atoms with Gasteiger partial charge in [0.05, 0.1) is 12.7 Å². The summed E-state index contributed by atoms with van der Waals surface area (Å²) in [7, 11) is 2.14. The van der Waals surface area contributed by atoms with Crippen molar-refractivity contribution >= 4 is 0 Å². The fraction of sp³-hybridized carbons (Fsp3) is 1.00. The van der Waals surface area contributed by atoms with E-state index in [1.165, 1.54) is 19.4 Å². The smallest absolute Gasteiger partial charge is 0.0703 e. The van der Waals surface area contributed by atoms with E-state index in [0.29, 0.717) is 19.3 Å². The molecule has 0 aromatic carbocycles. The fourth-order valence-electron chi connectivity index (χ4n) is 1.49. The van der Waals surface area contributed by atoms with Gasteiger partial charge >= 0.3 is 0 Å². The molecule has 1 fully saturated rings. The van der Waals surface area contributed by atoms with Gasteiger partial charge in [0.15, 0.2) is 0 Å². The topological polar surface area (TPSA) is 38.5 Å². The molecule has 11 heavy (non-hydrogen) atoms. The third-order valence-electron chi connectivity index (χ3n) is 2.05. The van der Waals surface area contributed by atoms with Crippen LogP contribution in [0.3, 0.4) is 0 Å². The van der Waals surface area contributed by atoms with E-state index in [0.717, 1.165) is 6.54 Å². The van der Waals surface area contributed by atoms with Crippen LogP contribution in [-0.2, 0) is 4.74 Å². The van der Waals surface area contributed by atoms with Gasteiger partial charge in [-0.2, -0.15) is 0 Å². The first-order valence-corrected chi connectivity index (χ1v) is 4.33. The van der Waals surface area contributed by atoms with Crippen molar-refractivity contribution < 1.29 is 4.74 Å². The molecule has 0 aliphatic carbocycles. The third kappa shape index (κ3) is 3.18. The number of nitrogens with two attached hydrogens (primary N) is 1. The molecule has 0 spiro atoms. The van der Waals surface area contributed by atoms with E-state index < -0.39 is 0 Å². The average molecular weight is 158 g/mol. The minimum absolute atomic E-state index is 0.428. The summed E-state index contributed by atoms with van der Waals surface area (Å²) in [6, 6.07) is 0. The Morgan fingerprint density at radius 1 is 1.64 bits per heavy atom. The molecule has 1 aliphatic rings. The highest BCUT2D eigenvalue weighted by Gasteiger charge is 2.16. The second-order valence-electron chi connectivity index (χ2n) is 3.19. The van der Waals surface area contributed by atoms with Gasteiger partial charge in [-0.05, 0) is 26.4 Å². The molecule has 0 bridgehead atoms. The number of rotatable bonds is 3. The first kappa shape index (κ1) is 8.97. The molecular weight excluding hydrogens is 140 g/mol. The number of hydrogen-bond donors (Lipinski definition) is 1. The minimum atomic E-state index is 0.428. The molecule has 3 nitrogen and oxygen atoms in total. The van der Waals surface area contributed by atoms with E-state index in [1.54, 1.807) is 0 Å². The van der Waals surface area contributed by atoms with Gasteiger partial charge < -0.3 is 15.4 Å². The van der Waals surface area contributed by atoms with E-state index in [2.05, 4.69) is 11.9 Å². The molecule has 1 heterocycles. The normalized spacial score (nSPS) is 27.3. The minimum Gasteiger partial charge on any atom is -0.376 e. The Labute approximate surface area is 68.5 Å². The SMILES string of the molecule is CN1CCC[C@H](OCCN)C1. The summed E-state index contributed by atoms with van der Waals surface area (Å²) >= 11 is 0. The van der Waals surface area contributed by atoms with Gasteiger partial charge in [-0.3, -0.25) is 0 Å². The third-order valence-corrected chi connectivity index (χ3v) is 2.05. The molecule has 0 amide bonds. The molecule has 1 aliphatic heterocycles. The van der Waals surface area contributed by atoms with E-state index in [-0.39, 0.29) is 0 Å². The van der Waals surface area contributed by atoms with Crippen molar-refractivity contribution in [3.05, 3.63) is 0 Å². The largest absolute Gasteiger partial charge is 0.376 e. The van der Waals surface area contributed by atoms with Crippen molar-refractivity contribution in [3.8, 4) is 0 Å². The average Bonchev–Trinajstić information content (AvgIpc) is 2.01. The maximum absolute atomic E-state index is 5.54. The monoisotopic (exact) mass is 158 g/mol. The molecule has 0 radical (unpaired) electrons. The molecule has 0 unspecified atom stereocenters. The van der Waals surface area contributed by atoms with Crippen LogP contribution in [0, 0.1) is 0 Å².